The van der Waals surface area contributed by atoms with Crippen molar-refractivity contribution in [2.24, 2.45) is 11.5 Å². The van der Waals surface area contributed by atoms with Crippen molar-refractivity contribution in [1.29, 1.82) is 0 Å². The molecule has 16 atom stereocenters. The number of rotatable bonds is 26. The van der Waals surface area contributed by atoms with Crippen LogP contribution < -0.4 is 44.6 Å². The van der Waals surface area contributed by atoms with Gasteiger partial charge in [-0.05, 0) is 233 Å². The summed E-state index contributed by atoms with van der Waals surface area (Å²) in [5, 5.41) is 28.7. The van der Waals surface area contributed by atoms with Gasteiger partial charge in [0.25, 0.3) is 41.5 Å². The molecule has 806 valence electrons. The monoisotopic (exact) mass is 2080 g/mol. The van der Waals surface area contributed by atoms with Gasteiger partial charge in [-0.25, -0.2) is 61.5 Å². The lowest BCUT2D eigenvalue weighted by atomic mass is 9.88. The number of nitrogens with two attached hydrogens (primary N) is 2. The smallest absolute Gasteiger partial charge is 0.286 e. The first-order valence-electron chi connectivity index (χ1n) is 50.9. The van der Waals surface area contributed by atoms with Crippen LogP contribution in [0.15, 0.2) is 291 Å². The topological polar surface area (TPSA) is 214 Å². The van der Waals surface area contributed by atoms with Crippen LogP contribution in [0.25, 0.3) is 0 Å². The number of alkyl halides is 14. The van der Waals surface area contributed by atoms with E-state index in [0.29, 0.717) is 119 Å². The molecule has 149 heavy (non-hydrogen) atoms. The average molecular weight is 2090 g/mol. The fraction of sp³-hybridized carbons (Fsp3) is 0.445. The van der Waals surface area contributed by atoms with Gasteiger partial charge in [0.05, 0.1) is 44.7 Å². The summed E-state index contributed by atoms with van der Waals surface area (Å²) in [4.78, 5) is 0. The highest BCUT2D eigenvalue weighted by atomic mass is 19.3. The number of aliphatic hydroxyl groups excluding tert-OH is 3. The maximum atomic E-state index is 15.1. The van der Waals surface area contributed by atoms with E-state index in [0.717, 1.165) is 61.2 Å². The quantitative estimate of drug-likeness (QED) is 0.0319. The summed E-state index contributed by atoms with van der Waals surface area (Å²) >= 11 is 0. The van der Waals surface area contributed by atoms with Crippen molar-refractivity contribution in [2.75, 3.05) is 0 Å². The molecule has 18 rings (SSSR count). The van der Waals surface area contributed by atoms with Gasteiger partial charge in [0.1, 0.15) is 64.7 Å². The normalized spacial score (nSPS) is 25.5. The van der Waals surface area contributed by atoms with Gasteiger partial charge in [-0.2, -0.15) is 0 Å². The number of halogens is 14. The largest absolute Gasteiger partial charge is 0.483 e. The van der Waals surface area contributed by atoms with Gasteiger partial charge >= 0.3 is 0 Å². The zero-order valence-electron chi connectivity index (χ0n) is 85.0. The van der Waals surface area contributed by atoms with E-state index >= 15 is 8.78 Å². The van der Waals surface area contributed by atoms with Gasteiger partial charge in [-0.15, -0.1) is 0 Å². The summed E-state index contributed by atoms with van der Waals surface area (Å²) < 4.78 is 259. The van der Waals surface area contributed by atoms with E-state index < -0.39 is 145 Å². The van der Waals surface area contributed by atoms with Crippen LogP contribution in [0, 0.1) is 48.5 Å². The van der Waals surface area contributed by atoms with E-state index in [9.17, 15) is 68.0 Å². The lowest BCUT2D eigenvalue weighted by Gasteiger charge is -2.42. The van der Waals surface area contributed by atoms with Crippen molar-refractivity contribution < 1.29 is 129 Å². The second-order valence-electron chi connectivity index (χ2n) is 39.5. The summed E-state index contributed by atoms with van der Waals surface area (Å²) in [5.74, 6) is -17.7. The molecule has 7 N–H and O–H groups in total. The second kappa shape index (κ2) is 54.6. The zero-order chi connectivity index (χ0) is 107. The second-order valence-corrected chi connectivity index (χ2v) is 39.5. The minimum absolute atomic E-state index is 0.123. The van der Waals surface area contributed by atoms with Crippen molar-refractivity contribution in [1.82, 2.24) is 0 Å². The molecule has 0 spiro atoms. The van der Waals surface area contributed by atoms with Crippen molar-refractivity contribution in [3.05, 3.63) is 352 Å². The van der Waals surface area contributed by atoms with Crippen molar-refractivity contribution in [3.63, 3.8) is 0 Å². The Hall–Kier alpha value is -11.3. The molecular formula is C119H138F14N2O14. The number of hydrogen-bond donors (Lipinski definition) is 5. The van der Waals surface area contributed by atoms with E-state index in [4.69, 9.17) is 63.6 Å². The number of aryl methyl sites for hydroxylation is 7. The SMILES string of the molecule is Cc1ccc(OC2C(N)CCCC2(F)F)cc1.Cc1ccc(OC2C(N)CCCC2(F)F)cc1.Cc1ccc(OC2C(O)C(O)CCC2(F)F)cc1.Cc1ccc(OC2C(O)CCCC2(F)F)cc1.Cc1ccc(OC2C(OCc3ccccc3)C(OCc3ccccc3)CCC2(F)F)cc1.Cc1ccc(OC2C(OCc3ccccc3)CCCC2(F)F)cc1.Cc1ccc(OC2C(OCc3ccccc3)CCCC2(F)F)cc1. The molecule has 11 aromatic rings. The molecule has 16 unspecified atom stereocenters. The first-order chi connectivity index (χ1) is 71.0. The molecule has 0 heterocycles. The van der Waals surface area contributed by atoms with Crippen molar-refractivity contribution in [3.8, 4) is 40.2 Å². The lowest BCUT2D eigenvalue weighted by Crippen LogP contribution is -2.57. The summed E-state index contributed by atoms with van der Waals surface area (Å²) in [6.45, 7) is 14.7. The van der Waals surface area contributed by atoms with Crippen LogP contribution in [0.3, 0.4) is 0 Å². The van der Waals surface area contributed by atoms with Gasteiger partial charge < -0.3 is 78.9 Å². The lowest BCUT2D eigenvalue weighted by molar-refractivity contribution is -0.224. The van der Waals surface area contributed by atoms with Gasteiger partial charge in [0, 0.05) is 57.0 Å². The summed E-state index contributed by atoms with van der Waals surface area (Å²) in [6, 6.07) is 86.4. The molecule has 0 saturated heterocycles. The highest BCUT2D eigenvalue weighted by molar-refractivity contribution is 5.34. The molecule has 16 nitrogen and oxygen atoms in total. The van der Waals surface area contributed by atoms with E-state index in [-0.39, 0.29) is 63.7 Å². The van der Waals surface area contributed by atoms with Crippen LogP contribution in [0.5, 0.6) is 40.2 Å². The Morgan fingerprint density at radius 3 is 0.738 bits per heavy atom. The van der Waals surface area contributed by atoms with Gasteiger partial charge in [0.2, 0.25) is 0 Å². The molecule has 0 bridgehead atoms. The maximum Gasteiger partial charge on any atom is 0.286 e. The standard InChI is InChI=1S/C27H28F2O3.2C20H22F2O2.2C13H17F2NO.C13H16F2O3.C13H16F2O2/c1-20-12-14-23(15-13-20)32-26-25(31-19-22-10-6-3-7-11-22)24(16-17-27(26,28)29)30-18-21-8-4-2-5-9-21;2*1-15-9-11-17(12-10-15)24-19-18(8-5-13-20(19,21)22)23-14-16-6-3-2-4-7-16;2*1-9-4-6-10(7-5-9)17-12-11(16)3-2-8-13(12,14)15;1-8-2-4-9(5-3-8)18-12-11(17)10(16)6-7-13(12,14)15;1-9-4-6-10(7-5-9)17-12-11(16)3-2-8-13(12,14)15/h2-15,24-26H,16-19H2,1H3;2*2-4,6-7,9-12,18-19H,5,8,13-14H2,1H3;2*4-7,11-12H,2-3,8,16H2,1H3;2-5,10-12,16-17H,6-7H2,1H3;4-7,11-12,16H,2-3,8H2,1H3. The number of aliphatic hydroxyl groups is 3. The van der Waals surface area contributed by atoms with Crippen molar-refractivity contribution in [2.45, 2.75) is 336 Å². The predicted octanol–water partition coefficient (Wildman–Crippen LogP) is 27.2. The van der Waals surface area contributed by atoms with Gasteiger partial charge in [-0.1, -0.05) is 245 Å². The molecule has 0 aliphatic heterocycles. The molecule has 0 amide bonds. The van der Waals surface area contributed by atoms with E-state index in [1.807, 2.05) is 230 Å². The van der Waals surface area contributed by atoms with E-state index in [2.05, 4.69) is 0 Å². The molecule has 11 aromatic carbocycles. The third-order valence-corrected chi connectivity index (χ3v) is 26.9. The molecule has 7 fully saturated rings. The summed E-state index contributed by atoms with van der Waals surface area (Å²) in [7, 11) is 0. The van der Waals surface area contributed by atoms with Crippen LogP contribution >= 0.6 is 0 Å². The fourth-order valence-electron chi connectivity index (χ4n) is 18.2. The fourth-order valence-corrected chi connectivity index (χ4v) is 18.2. The molecule has 7 aliphatic carbocycles. The molecule has 7 saturated carbocycles. The number of ether oxygens (including phenoxy) is 11. The van der Waals surface area contributed by atoms with Crippen LogP contribution in [0.4, 0.5) is 61.5 Å². The van der Waals surface area contributed by atoms with E-state index in [1.165, 1.54) is 0 Å². The Morgan fingerprint density at radius 2 is 0.443 bits per heavy atom. The zero-order valence-corrected chi connectivity index (χ0v) is 85.0. The minimum Gasteiger partial charge on any atom is -0.483 e. The van der Waals surface area contributed by atoms with Crippen molar-refractivity contribution >= 4 is 0 Å². The third-order valence-electron chi connectivity index (χ3n) is 26.9. The number of benzene rings is 11. The van der Waals surface area contributed by atoms with Crippen LogP contribution in [0.2, 0.25) is 0 Å². The highest BCUT2D eigenvalue weighted by Gasteiger charge is 2.57. The maximum absolute atomic E-state index is 15.1. The average Bonchev–Trinajstić information content (AvgIpc) is 0.827. The van der Waals surface area contributed by atoms with E-state index in [1.54, 1.807) is 109 Å². The molecule has 0 radical (unpaired) electrons. The Morgan fingerprint density at radius 1 is 0.221 bits per heavy atom. The minimum atomic E-state index is -3.14. The van der Waals surface area contributed by atoms with Gasteiger partial charge in [0.15, 0.2) is 42.7 Å². The Bertz CT molecular complexity index is 5410. The highest BCUT2D eigenvalue weighted by Crippen LogP contribution is 2.46. The Balaban J connectivity index is 0.000000156. The molecular weight excluding hydrogens is 1950 g/mol. The van der Waals surface area contributed by atoms with Gasteiger partial charge in [-0.3, -0.25) is 0 Å². The van der Waals surface area contributed by atoms with Crippen LogP contribution in [0.1, 0.15) is 183 Å². The first-order valence-corrected chi connectivity index (χ1v) is 50.9. The molecule has 0 aromatic heterocycles. The number of hydrogen-bond acceptors (Lipinski definition) is 16. The Kier molecular flexibility index (Phi) is 42.6. The van der Waals surface area contributed by atoms with Crippen LogP contribution in [-0.4, -0.2) is 154 Å². The predicted molar refractivity (Wildman–Crippen MR) is 546 cm³/mol. The molecule has 7 aliphatic rings. The first kappa shape index (κ1) is 116. The third kappa shape index (κ3) is 35.7. The Labute approximate surface area is 864 Å². The summed E-state index contributed by atoms with van der Waals surface area (Å²) in [5.41, 5.74) is 22.6. The van der Waals surface area contributed by atoms with Crippen LogP contribution in [-0.2, 0) is 45.4 Å². The summed E-state index contributed by atoms with van der Waals surface area (Å²) in [6.07, 6.45) is -12.7. The molecule has 30 heteroatoms.